The second-order valence-electron chi connectivity index (χ2n) is 10.3. The maximum atomic E-state index is 11.0. The average molecular weight is 456 g/mol. The number of hydrogen-bond donors (Lipinski definition) is 2. The van der Waals surface area contributed by atoms with Crippen molar-refractivity contribution in [1.29, 1.82) is 0 Å². The monoisotopic (exact) mass is 456 g/mol. The lowest BCUT2D eigenvalue weighted by Crippen LogP contribution is -2.57. The predicted octanol–water partition coefficient (Wildman–Crippen LogP) is 1.01. The normalized spacial score (nSPS) is 53.4. The SMILES string of the molecule is OC1OC([C@H]2O[C@@H]3OC4(CCCCC4)O[C@@H]3[C@H]2O)O[C@@H]2[C@H]3OC4(CCCCC4)O[C@H]3O[C@H]12. The zero-order valence-corrected chi connectivity index (χ0v) is 18.0. The van der Waals surface area contributed by atoms with Crippen molar-refractivity contribution < 1.29 is 48.1 Å². The number of ether oxygens (including phenoxy) is 8. The van der Waals surface area contributed by atoms with Crippen molar-refractivity contribution in [2.45, 2.75) is 138 Å². The summed E-state index contributed by atoms with van der Waals surface area (Å²) in [6.07, 6.45) is 2.00. The molecule has 2 N–H and O–H groups in total. The van der Waals surface area contributed by atoms with E-state index in [1.54, 1.807) is 0 Å². The maximum absolute atomic E-state index is 11.0. The van der Waals surface area contributed by atoms with E-state index in [1.165, 1.54) is 6.42 Å². The van der Waals surface area contributed by atoms with Crippen LogP contribution in [0.5, 0.6) is 0 Å². The predicted molar refractivity (Wildman–Crippen MR) is 103 cm³/mol. The van der Waals surface area contributed by atoms with Crippen molar-refractivity contribution in [2.24, 2.45) is 0 Å². The molecule has 2 spiro atoms. The van der Waals surface area contributed by atoms with Gasteiger partial charge in [0.05, 0.1) is 0 Å². The molecule has 5 heterocycles. The first-order valence-corrected chi connectivity index (χ1v) is 12.2. The van der Waals surface area contributed by atoms with Crippen LogP contribution < -0.4 is 0 Å². The third kappa shape index (κ3) is 3.16. The van der Waals surface area contributed by atoms with Gasteiger partial charge in [-0.2, -0.15) is 0 Å². The van der Waals surface area contributed by atoms with Gasteiger partial charge in [-0.15, -0.1) is 0 Å². The molecule has 7 rings (SSSR count). The highest BCUT2D eigenvalue weighted by Gasteiger charge is 2.65. The summed E-state index contributed by atoms with van der Waals surface area (Å²) < 4.78 is 48.5. The van der Waals surface area contributed by atoms with Crippen molar-refractivity contribution in [3.05, 3.63) is 0 Å². The van der Waals surface area contributed by atoms with Crippen molar-refractivity contribution in [2.75, 3.05) is 0 Å². The zero-order chi connectivity index (χ0) is 21.5. The number of hydrogen-bond acceptors (Lipinski definition) is 10. The largest absolute Gasteiger partial charge is 0.387 e. The van der Waals surface area contributed by atoms with E-state index in [-0.39, 0.29) is 0 Å². The van der Waals surface area contributed by atoms with Crippen LogP contribution in [0.3, 0.4) is 0 Å². The van der Waals surface area contributed by atoms with E-state index >= 15 is 0 Å². The van der Waals surface area contributed by atoms with Gasteiger partial charge in [-0.25, -0.2) is 0 Å². The second-order valence-corrected chi connectivity index (χ2v) is 10.3. The fourth-order valence-corrected chi connectivity index (χ4v) is 6.54. The summed E-state index contributed by atoms with van der Waals surface area (Å²) in [5, 5.41) is 21.6. The molecule has 32 heavy (non-hydrogen) atoms. The summed E-state index contributed by atoms with van der Waals surface area (Å²) in [5.74, 6) is -1.29. The Morgan fingerprint density at radius 3 is 1.62 bits per heavy atom. The minimum Gasteiger partial charge on any atom is -0.387 e. The van der Waals surface area contributed by atoms with Gasteiger partial charge in [-0.05, 0) is 25.7 Å². The molecule has 5 aliphatic heterocycles. The first kappa shape index (κ1) is 20.9. The van der Waals surface area contributed by atoms with Gasteiger partial charge in [-0.1, -0.05) is 12.8 Å². The van der Waals surface area contributed by atoms with Gasteiger partial charge in [0.1, 0.15) is 36.6 Å². The van der Waals surface area contributed by atoms with Gasteiger partial charge in [-0.3, -0.25) is 0 Å². The Balaban J connectivity index is 1.05. The zero-order valence-electron chi connectivity index (χ0n) is 18.0. The molecule has 2 unspecified atom stereocenters. The quantitative estimate of drug-likeness (QED) is 0.592. The summed E-state index contributed by atoms with van der Waals surface area (Å²) in [6, 6.07) is 0. The van der Waals surface area contributed by atoms with E-state index in [1.807, 2.05) is 0 Å². The molecule has 0 aromatic rings. The third-order valence-electron chi connectivity index (χ3n) is 8.15. The van der Waals surface area contributed by atoms with E-state index in [0.717, 1.165) is 57.8 Å². The van der Waals surface area contributed by atoms with Crippen LogP contribution in [-0.4, -0.2) is 83.6 Å². The molecule has 0 bridgehead atoms. The average Bonchev–Trinajstić information content (AvgIpc) is 3.49. The van der Waals surface area contributed by atoms with Crippen LogP contribution in [0.15, 0.2) is 0 Å². The first-order chi connectivity index (χ1) is 15.5. The molecule has 7 aliphatic rings. The highest BCUT2D eigenvalue weighted by Crippen LogP contribution is 2.49. The maximum Gasteiger partial charge on any atom is 0.190 e. The molecule has 0 amide bonds. The molecule has 10 nitrogen and oxygen atoms in total. The molecule has 0 radical (unpaired) electrons. The topological polar surface area (TPSA) is 114 Å². The van der Waals surface area contributed by atoms with Crippen molar-refractivity contribution >= 4 is 0 Å². The second kappa shape index (κ2) is 7.55. The molecule has 10 heteroatoms. The Kier molecular flexibility index (Phi) is 4.94. The van der Waals surface area contributed by atoms with Crippen molar-refractivity contribution in [3.8, 4) is 0 Å². The Labute approximate surface area is 186 Å². The van der Waals surface area contributed by atoms with Crippen molar-refractivity contribution in [1.82, 2.24) is 0 Å². The first-order valence-electron chi connectivity index (χ1n) is 12.2. The van der Waals surface area contributed by atoms with Crippen molar-refractivity contribution in [3.63, 3.8) is 0 Å². The van der Waals surface area contributed by atoms with E-state index in [2.05, 4.69) is 0 Å². The number of rotatable bonds is 1. The molecular formula is C22H32O10. The van der Waals surface area contributed by atoms with E-state index in [4.69, 9.17) is 37.9 Å². The summed E-state index contributed by atoms with van der Waals surface area (Å²) in [7, 11) is 0. The van der Waals surface area contributed by atoms with Gasteiger partial charge in [0.15, 0.2) is 36.7 Å². The molecule has 0 aromatic carbocycles. The third-order valence-corrected chi connectivity index (χ3v) is 8.15. The summed E-state index contributed by atoms with van der Waals surface area (Å²) in [6.45, 7) is 0. The van der Waals surface area contributed by atoms with Crippen LogP contribution in [0.1, 0.15) is 64.2 Å². The van der Waals surface area contributed by atoms with Gasteiger partial charge in [0.2, 0.25) is 0 Å². The van der Waals surface area contributed by atoms with Gasteiger partial charge >= 0.3 is 0 Å². The van der Waals surface area contributed by atoms with E-state index < -0.39 is 73.4 Å². The molecule has 10 atom stereocenters. The molecule has 2 aliphatic carbocycles. The van der Waals surface area contributed by atoms with Crippen LogP contribution in [0.25, 0.3) is 0 Å². The lowest BCUT2D eigenvalue weighted by atomic mass is 9.94. The van der Waals surface area contributed by atoms with E-state index in [0.29, 0.717) is 0 Å². The highest BCUT2D eigenvalue weighted by molar-refractivity contribution is 5.02. The minimum absolute atomic E-state index is 0.463. The number of fused-ring (bicyclic) bond motifs is 4. The standard InChI is InChI=1S/C22H32O10/c23-11-12(25-19-13(11)29-21(31-19)7-3-1-4-8-21)18-26-14-15(17(24)28-18)27-20-16(14)30-22(32-20)9-5-2-6-10-22/h11-20,23-24H,1-10H2/t11-,12-,13+,14-,15-,16+,17?,18?,19+,20+/m0/s1. The van der Waals surface area contributed by atoms with Gasteiger partial charge < -0.3 is 48.1 Å². The molecule has 0 aromatic heterocycles. The number of aliphatic hydroxyl groups excluding tert-OH is 2. The van der Waals surface area contributed by atoms with Crippen LogP contribution in [0, 0.1) is 0 Å². The molecule has 7 fully saturated rings. The van der Waals surface area contributed by atoms with Crippen LogP contribution in [-0.2, 0) is 37.9 Å². The van der Waals surface area contributed by atoms with Gasteiger partial charge in [0, 0.05) is 25.7 Å². The summed E-state index contributed by atoms with van der Waals surface area (Å²) in [5.41, 5.74) is 0. The lowest BCUT2D eigenvalue weighted by molar-refractivity contribution is -0.376. The lowest BCUT2D eigenvalue weighted by Gasteiger charge is -2.41. The van der Waals surface area contributed by atoms with Crippen LogP contribution >= 0.6 is 0 Å². The Morgan fingerprint density at radius 2 is 1.00 bits per heavy atom. The van der Waals surface area contributed by atoms with Crippen LogP contribution in [0.4, 0.5) is 0 Å². The summed E-state index contributed by atoms with van der Waals surface area (Å²) in [4.78, 5) is 0. The highest BCUT2D eigenvalue weighted by atomic mass is 16.9. The molecule has 180 valence electrons. The smallest absolute Gasteiger partial charge is 0.190 e. The minimum atomic E-state index is -1.25. The van der Waals surface area contributed by atoms with E-state index in [9.17, 15) is 10.2 Å². The molecular weight excluding hydrogens is 424 g/mol. The molecule has 2 saturated carbocycles. The number of aliphatic hydroxyl groups is 2. The Bertz CT molecular complexity index is 722. The Morgan fingerprint density at radius 1 is 0.469 bits per heavy atom. The summed E-state index contributed by atoms with van der Waals surface area (Å²) >= 11 is 0. The van der Waals surface area contributed by atoms with Gasteiger partial charge in [0.25, 0.3) is 0 Å². The van der Waals surface area contributed by atoms with Crippen LogP contribution in [0.2, 0.25) is 0 Å². The molecule has 5 saturated heterocycles. The Hall–Kier alpha value is -0.400. The fourth-order valence-electron chi connectivity index (χ4n) is 6.54. The fraction of sp³-hybridized carbons (Fsp3) is 1.00.